The van der Waals surface area contributed by atoms with Gasteiger partial charge in [-0.05, 0) is 6.42 Å². The van der Waals surface area contributed by atoms with Crippen LogP contribution in [0.1, 0.15) is 18.2 Å². The molecule has 0 radical (unpaired) electrons. The van der Waals surface area contributed by atoms with Gasteiger partial charge in [0.25, 0.3) is 0 Å². The number of nitrogens with zero attached hydrogens (tertiary/aromatic N) is 3. The molecule has 0 aromatic carbocycles. The smallest absolute Gasteiger partial charge is 0.191 e. The monoisotopic (exact) mass is 207 g/mol. The molecule has 15 heavy (non-hydrogen) atoms. The van der Waals surface area contributed by atoms with Crippen molar-refractivity contribution in [1.82, 2.24) is 20.4 Å². The largest absolute Gasteiger partial charge is 0.355 e. The molecule has 0 saturated heterocycles. The van der Waals surface area contributed by atoms with Gasteiger partial charge in [0.05, 0.1) is 12.2 Å². The van der Waals surface area contributed by atoms with Crippen molar-refractivity contribution >= 4 is 5.96 Å². The summed E-state index contributed by atoms with van der Waals surface area (Å²) in [5.74, 6) is 0.904. The summed E-state index contributed by atoms with van der Waals surface area (Å²) < 4.78 is 1.86. The van der Waals surface area contributed by atoms with Crippen molar-refractivity contribution in [3.63, 3.8) is 0 Å². The molecular weight excluding hydrogens is 190 g/mol. The van der Waals surface area contributed by atoms with E-state index < -0.39 is 0 Å². The topological polar surface area (TPSA) is 54.2 Å². The Morgan fingerprint density at radius 1 is 1.60 bits per heavy atom. The predicted molar refractivity (Wildman–Crippen MR) is 59.7 cm³/mol. The number of hydrogen-bond acceptors (Lipinski definition) is 4. The molecule has 1 aliphatic rings. The van der Waals surface area contributed by atoms with Gasteiger partial charge in [0.1, 0.15) is 0 Å². The van der Waals surface area contributed by atoms with Crippen molar-refractivity contribution in [3.05, 3.63) is 17.5 Å². The molecule has 1 aromatic heterocycles. The van der Waals surface area contributed by atoms with E-state index in [0.29, 0.717) is 0 Å². The fourth-order valence-corrected chi connectivity index (χ4v) is 1.72. The molecule has 0 amide bonds. The Hall–Kier alpha value is -1.52. The standard InChI is InChI=1S/C10H17N5/c1-3-9-8(7-15(2)14-9)6-13-10-11-4-5-12-10/h7H,3-6H2,1-2H3,(H2,11,12,13). The summed E-state index contributed by atoms with van der Waals surface area (Å²) in [7, 11) is 1.95. The van der Waals surface area contributed by atoms with Crippen molar-refractivity contribution < 1.29 is 0 Å². The highest BCUT2D eigenvalue weighted by Gasteiger charge is 2.08. The third kappa shape index (κ3) is 2.29. The quantitative estimate of drug-likeness (QED) is 0.735. The molecule has 0 saturated carbocycles. The molecule has 0 bridgehead atoms. The van der Waals surface area contributed by atoms with Gasteiger partial charge >= 0.3 is 0 Å². The maximum atomic E-state index is 4.39. The molecule has 82 valence electrons. The van der Waals surface area contributed by atoms with Crippen LogP contribution in [0.5, 0.6) is 0 Å². The zero-order valence-electron chi connectivity index (χ0n) is 9.25. The average Bonchev–Trinajstić information content (AvgIpc) is 2.83. The van der Waals surface area contributed by atoms with Gasteiger partial charge < -0.3 is 10.6 Å². The number of aryl methyl sites for hydroxylation is 2. The molecule has 1 aromatic rings. The van der Waals surface area contributed by atoms with Gasteiger partial charge in [-0.25, -0.2) is 0 Å². The van der Waals surface area contributed by atoms with Gasteiger partial charge in [0.2, 0.25) is 0 Å². The number of hydrogen-bond donors (Lipinski definition) is 2. The number of guanidine groups is 1. The van der Waals surface area contributed by atoms with Crippen LogP contribution in [-0.2, 0) is 20.0 Å². The normalized spacial score (nSPS) is 14.9. The summed E-state index contributed by atoms with van der Waals surface area (Å²) in [6, 6.07) is 0. The van der Waals surface area contributed by atoms with Gasteiger partial charge in [-0.2, -0.15) is 5.10 Å². The second-order valence-electron chi connectivity index (χ2n) is 3.64. The molecule has 0 spiro atoms. The lowest BCUT2D eigenvalue weighted by atomic mass is 10.2. The third-order valence-corrected chi connectivity index (χ3v) is 2.45. The summed E-state index contributed by atoms with van der Waals surface area (Å²) in [5.41, 5.74) is 2.40. The van der Waals surface area contributed by atoms with Gasteiger partial charge in [-0.15, -0.1) is 0 Å². The van der Waals surface area contributed by atoms with Crippen molar-refractivity contribution in [1.29, 1.82) is 0 Å². The lowest BCUT2D eigenvalue weighted by molar-refractivity contribution is 0.746. The number of aliphatic imine (C=N–C) groups is 1. The molecule has 1 aliphatic heterocycles. The highest BCUT2D eigenvalue weighted by molar-refractivity contribution is 5.81. The summed E-state index contributed by atoms with van der Waals surface area (Å²) in [5, 5.41) is 10.8. The fraction of sp³-hybridized carbons (Fsp3) is 0.600. The van der Waals surface area contributed by atoms with Crippen molar-refractivity contribution in [2.24, 2.45) is 12.0 Å². The van der Waals surface area contributed by atoms with E-state index >= 15 is 0 Å². The first kappa shape index (κ1) is 10.0. The minimum Gasteiger partial charge on any atom is -0.355 e. The molecule has 0 aliphatic carbocycles. The van der Waals surface area contributed by atoms with Crippen LogP contribution in [0.2, 0.25) is 0 Å². The lowest BCUT2D eigenvalue weighted by Crippen LogP contribution is -2.33. The van der Waals surface area contributed by atoms with E-state index in [0.717, 1.165) is 37.7 Å². The average molecular weight is 207 g/mol. The van der Waals surface area contributed by atoms with E-state index in [1.54, 1.807) is 0 Å². The first-order chi connectivity index (χ1) is 7.29. The summed E-state index contributed by atoms with van der Waals surface area (Å²) in [6.07, 6.45) is 3.03. The van der Waals surface area contributed by atoms with Crippen LogP contribution in [-0.4, -0.2) is 28.8 Å². The van der Waals surface area contributed by atoms with Crippen molar-refractivity contribution in [2.45, 2.75) is 19.9 Å². The van der Waals surface area contributed by atoms with E-state index in [2.05, 4.69) is 33.8 Å². The van der Waals surface area contributed by atoms with E-state index in [1.165, 1.54) is 5.56 Å². The van der Waals surface area contributed by atoms with Crippen LogP contribution in [0.15, 0.2) is 11.2 Å². The number of rotatable bonds is 3. The molecule has 2 rings (SSSR count). The predicted octanol–water partition coefficient (Wildman–Crippen LogP) is 0.0313. The number of aromatic nitrogens is 2. The highest BCUT2D eigenvalue weighted by Crippen LogP contribution is 2.06. The molecule has 2 heterocycles. The Bertz CT molecular complexity index is 366. The second-order valence-corrected chi connectivity index (χ2v) is 3.64. The molecule has 2 N–H and O–H groups in total. The highest BCUT2D eigenvalue weighted by atomic mass is 15.3. The van der Waals surface area contributed by atoms with Crippen molar-refractivity contribution in [3.8, 4) is 0 Å². The molecular formula is C10H17N5. The minimum absolute atomic E-state index is 0.794. The lowest BCUT2D eigenvalue weighted by Gasteiger charge is -2.05. The first-order valence-electron chi connectivity index (χ1n) is 5.33. The van der Waals surface area contributed by atoms with E-state index in [1.807, 2.05) is 11.7 Å². The Morgan fingerprint density at radius 3 is 3.13 bits per heavy atom. The second kappa shape index (κ2) is 4.33. The Kier molecular flexibility index (Phi) is 2.89. The van der Waals surface area contributed by atoms with Crippen LogP contribution >= 0.6 is 0 Å². The fourth-order valence-electron chi connectivity index (χ4n) is 1.72. The summed E-state index contributed by atoms with van der Waals surface area (Å²) in [6.45, 7) is 4.73. The van der Waals surface area contributed by atoms with Gasteiger partial charge in [-0.3, -0.25) is 9.67 Å². The van der Waals surface area contributed by atoms with Gasteiger partial charge in [0, 0.05) is 31.9 Å². The van der Waals surface area contributed by atoms with E-state index in [4.69, 9.17) is 0 Å². The minimum atomic E-state index is 0.794. The van der Waals surface area contributed by atoms with Crippen molar-refractivity contribution in [2.75, 3.05) is 13.1 Å². The van der Waals surface area contributed by atoms with E-state index in [9.17, 15) is 0 Å². The molecule has 0 unspecified atom stereocenters. The summed E-state index contributed by atoms with van der Waals surface area (Å²) >= 11 is 0. The van der Waals surface area contributed by atoms with Crippen LogP contribution in [0.4, 0.5) is 0 Å². The Balaban J connectivity index is 1.97. The summed E-state index contributed by atoms with van der Waals surface area (Å²) in [4.78, 5) is 4.28. The molecule has 0 atom stereocenters. The van der Waals surface area contributed by atoms with E-state index in [-0.39, 0.29) is 0 Å². The van der Waals surface area contributed by atoms with Gasteiger partial charge in [-0.1, -0.05) is 6.92 Å². The maximum absolute atomic E-state index is 4.39. The van der Waals surface area contributed by atoms with Crippen LogP contribution in [0.3, 0.4) is 0 Å². The third-order valence-electron chi connectivity index (χ3n) is 2.45. The molecule has 5 nitrogen and oxygen atoms in total. The zero-order valence-corrected chi connectivity index (χ0v) is 9.25. The van der Waals surface area contributed by atoms with Gasteiger partial charge in [0.15, 0.2) is 5.96 Å². The Morgan fingerprint density at radius 2 is 2.47 bits per heavy atom. The number of nitrogens with one attached hydrogen (secondary N) is 2. The van der Waals surface area contributed by atoms with Crippen LogP contribution < -0.4 is 10.6 Å². The van der Waals surface area contributed by atoms with Crippen LogP contribution in [0, 0.1) is 0 Å². The first-order valence-corrected chi connectivity index (χ1v) is 5.33. The SMILES string of the molecule is CCc1nn(C)cc1CNC1=NCCN1. The molecule has 5 heteroatoms. The maximum Gasteiger partial charge on any atom is 0.191 e. The Labute approximate surface area is 89.6 Å². The molecule has 0 fully saturated rings. The van der Waals surface area contributed by atoms with Crippen LogP contribution in [0.25, 0.3) is 0 Å². The zero-order chi connectivity index (χ0) is 10.7.